The zero-order chi connectivity index (χ0) is 10.4. The number of nitrogens with zero attached hydrogens (tertiary/aromatic N) is 3. The van der Waals surface area contributed by atoms with Crippen LogP contribution in [0.5, 0.6) is 0 Å². The van der Waals surface area contributed by atoms with Crippen LogP contribution >= 0.6 is 23.4 Å². The van der Waals surface area contributed by atoms with Crippen LogP contribution in [0.25, 0.3) is 0 Å². The average molecular weight is 228 g/mol. The van der Waals surface area contributed by atoms with E-state index in [1.54, 1.807) is 6.07 Å². The molecule has 1 aromatic rings. The minimum absolute atomic E-state index is 0.422. The van der Waals surface area contributed by atoms with Crippen molar-refractivity contribution in [1.82, 2.24) is 9.97 Å². The zero-order valence-electron chi connectivity index (χ0n) is 7.83. The van der Waals surface area contributed by atoms with Gasteiger partial charge in [0.05, 0.1) is 0 Å². The van der Waals surface area contributed by atoms with E-state index in [4.69, 9.17) is 16.9 Å². The van der Waals surface area contributed by atoms with E-state index >= 15 is 0 Å². The number of halogens is 1. The second kappa shape index (κ2) is 5.84. The lowest BCUT2D eigenvalue weighted by Gasteiger charge is -2.00. The molecule has 5 heteroatoms. The second-order valence-corrected chi connectivity index (χ2v) is 4.12. The molecule has 1 rings (SSSR count). The van der Waals surface area contributed by atoms with Crippen molar-refractivity contribution < 1.29 is 0 Å². The molecule has 14 heavy (non-hydrogen) atoms. The molecule has 0 N–H and O–H groups in total. The molecular formula is C9H10ClN3S. The van der Waals surface area contributed by atoms with E-state index in [-0.39, 0.29) is 0 Å². The number of hydrogen-bond donors (Lipinski definition) is 0. The maximum atomic E-state index is 8.69. The summed E-state index contributed by atoms with van der Waals surface area (Å²) in [5, 5.41) is 9.35. The van der Waals surface area contributed by atoms with Gasteiger partial charge in [-0.1, -0.05) is 11.8 Å². The maximum Gasteiger partial charge on any atom is 0.189 e. The molecule has 0 unspecified atom stereocenters. The van der Waals surface area contributed by atoms with E-state index < -0.39 is 0 Å². The van der Waals surface area contributed by atoms with Crippen molar-refractivity contribution in [1.29, 1.82) is 5.26 Å². The maximum absolute atomic E-state index is 8.69. The number of nitriles is 1. The zero-order valence-corrected chi connectivity index (χ0v) is 9.40. The Hall–Kier alpha value is -0.790. The number of aryl methyl sites for hydroxylation is 1. The van der Waals surface area contributed by atoms with Gasteiger partial charge in [-0.2, -0.15) is 5.26 Å². The first-order valence-corrected chi connectivity index (χ1v) is 5.73. The van der Waals surface area contributed by atoms with Crippen molar-refractivity contribution in [2.75, 3.05) is 11.6 Å². The fourth-order valence-electron chi connectivity index (χ4n) is 0.881. The lowest BCUT2D eigenvalue weighted by atomic mass is 10.4. The van der Waals surface area contributed by atoms with Gasteiger partial charge in [-0.3, -0.25) is 0 Å². The molecule has 74 valence electrons. The molecule has 0 saturated carbocycles. The SMILES string of the molecule is Cc1cc(C#N)nc(SCCCCl)n1. The Morgan fingerprint density at radius 2 is 2.36 bits per heavy atom. The van der Waals surface area contributed by atoms with E-state index in [2.05, 4.69) is 9.97 Å². The standard InChI is InChI=1S/C9H10ClN3S/c1-7-5-8(6-11)13-9(12-7)14-4-2-3-10/h5H,2-4H2,1H3. The van der Waals surface area contributed by atoms with Gasteiger partial charge in [0.1, 0.15) is 11.8 Å². The largest absolute Gasteiger partial charge is 0.228 e. The Morgan fingerprint density at radius 1 is 1.57 bits per heavy atom. The van der Waals surface area contributed by atoms with Crippen LogP contribution in [-0.4, -0.2) is 21.6 Å². The number of thioether (sulfide) groups is 1. The smallest absolute Gasteiger partial charge is 0.189 e. The normalized spacial score (nSPS) is 9.79. The molecule has 0 radical (unpaired) electrons. The van der Waals surface area contributed by atoms with E-state index in [9.17, 15) is 0 Å². The molecule has 1 aromatic heterocycles. The summed E-state index contributed by atoms with van der Waals surface area (Å²) < 4.78 is 0. The quantitative estimate of drug-likeness (QED) is 0.343. The number of hydrogen-bond acceptors (Lipinski definition) is 4. The third-order valence-corrected chi connectivity index (χ3v) is 2.66. The van der Waals surface area contributed by atoms with Crippen molar-refractivity contribution in [3.63, 3.8) is 0 Å². The fraction of sp³-hybridized carbons (Fsp3) is 0.444. The van der Waals surface area contributed by atoms with Crippen LogP contribution < -0.4 is 0 Å². The van der Waals surface area contributed by atoms with Gasteiger partial charge in [-0.15, -0.1) is 11.6 Å². The van der Waals surface area contributed by atoms with E-state index in [1.165, 1.54) is 11.8 Å². The summed E-state index contributed by atoms with van der Waals surface area (Å²) >= 11 is 7.08. The molecule has 0 saturated heterocycles. The van der Waals surface area contributed by atoms with Crippen molar-refractivity contribution in [3.05, 3.63) is 17.5 Å². The van der Waals surface area contributed by atoms with Crippen LogP contribution in [0, 0.1) is 18.3 Å². The Labute approximate surface area is 92.5 Å². The first-order valence-electron chi connectivity index (χ1n) is 4.21. The summed E-state index contributed by atoms with van der Waals surface area (Å²) in [6.07, 6.45) is 0.922. The second-order valence-electron chi connectivity index (χ2n) is 2.68. The van der Waals surface area contributed by atoms with Crippen molar-refractivity contribution >= 4 is 23.4 Å². The van der Waals surface area contributed by atoms with Gasteiger partial charge in [-0.05, 0) is 19.4 Å². The first-order chi connectivity index (χ1) is 6.76. The van der Waals surface area contributed by atoms with Gasteiger partial charge in [0, 0.05) is 17.3 Å². The molecule has 0 amide bonds. The van der Waals surface area contributed by atoms with Gasteiger partial charge in [0.2, 0.25) is 0 Å². The van der Waals surface area contributed by atoms with E-state index in [0.717, 1.165) is 17.9 Å². The Balaban J connectivity index is 2.68. The third-order valence-electron chi connectivity index (χ3n) is 1.46. The molecule has 0 atom stereocenters. The molecule has 0 aliphatic heterocycles. The molecule has 0 aliphatic carbocycles. The monoisotopic (exact) mass is 227 g/mol. The molecule has 0 fully saturated rings. The van der Waals surface area contributed by atoms with Crippen molar-refractivity contribution in [2.45, 2.75) is 18.5 Å². The number of rotatable bonds is 4. The summed E-state index contributed by atoms with van der Waals surface area (Å²) in [7, 11) is 0. The van der Waals surface area contributed by atoms with Crippen LogP contribution in [-0.2, 0) is 0 Å². The Kier molecular flexibility index (Phi) is 4.71. The highest BCUT2D eigenvalue weighted by Gasteiger charge is 2.01. The highest BCUT2D eigenvalue weighted by atomic mass is 35.5. The van der Waals surface area contributed by atoms with E-state index in [1.807, 2.05) is 13.0 Å². The molecule has 3 nitrogen and oxygen atoms in total. The van der Waals surface area contributed by atoms with Gasteiger partial charge in [0.25, 0.3) is 0 Å². The van der Waals surface area contributed by atoms with Gasteiger partial charge in [0.15, 0.2) is 5.16 Å². The summed E-state index contributed by atoms with van der Waals surface area (Å²) in [5.74, 6) is 1.53. The predicted octanol–water partition coefficient (Wildman–Crippen LogP) is 2.38. The minimum atomic E-state index is 0.422. The minimum Gasteiger partial charge on any atom is -0.228 e. The summed E-state index contributed by atoms with van der Waals surface area (Å²) in [4.78, 5) is 8.28. The summed E-state index contributed by atoms with van der Waals surface area (Å²) in [6, 6.07) is 3.68. The number of alkyl halides is 1. The van der Waals surface area contributed by atoms with Crippen LogP contribution in [0.1, 0.15) is 17.8 Å². The Bertz CT molecular complexity index is 348. The lowest BCUT2D eigenvalue weighted by Crippen LogP contribution is -1.94. The Morgan fingerprint density at radius 3 is 3.00 bits per heavy atom. The topological polar surface area (TPSA) is 49.6 Å². The van der Waals surface area contributed by atoms with Crippen LogP contribution in [0.3, 0.4) is 0 Å². The highest BCUT2D eigenvalue weighted by molar-refractivity contribution is 7.99. The molecule has 0 aliphatic rings. The van der Waals surface area contributed by atoms with Crippen molar-refractivity contribution in [2.24, 2.45) is 0 Å². The van der Waals surface area contributed by atoms with Gasteiger partial charge >= 0.3 is 0 Å². The number of aromatic nitrogens is 2. The van der Waals surface area contributed by atoms with Crippen LogP contribution in [0.4, 0.5) is 0 Å². The van der Waals surface area contributed by atoms with Crippen molar-refractivity contribution in [3.8, 4) is 6.07 Å². The molecular weight excluding hydrogens is 218 g/mol. The third kappa shape index (κ3) is 3.52. The highest BCUT2D eigenvalue weighted by Crippen LogP contribution is 2.15. The van der Waals surface area contributed by atoms with Gasteiger partial charge in [-0.25, -0.2) is 9.97 Å². The summed E-state index contributed by atoms with van der Waals surface area (Å²) in [5.41, 5.74) is 1.25. The molecule has 1 heterocycles. The first kappa shape index (κ1) is 11.3. The molecule has 0 spiro atoms. The summed E-state index contributed by atoms with van der Waals surface area (Å²) in [6.45, 7) is 1.86. The van der Waals surface area contributed by atoms with Gasteiger partial charge < -0.3 is 0 Å². The van der Waals surface area contributed by atoms with E-state index in [0.29, 0.717) is 16.7 Å². The average Bonchev–Trinajstić information content (AvgIpc) is 2.17. The molecule has 0 bridgehead atoms. The molecule has 0 aromatic carbocycles. The van der Waals surface area contributed by atoms with Crippen LogP contribution in [0.2, 0.25) is 0 Å². The predicted molar refractivity (Wildman–Crippen MR) is 57.5 cm³/mol. The lowest BCUT2D eigenvalue weighted by molar-refractivity contribution is 0.917. The van der Waals surface area contributed by atoms with Crippen LogP contribution in [0.15, 0.2) is 11.2 Å². The fourth-order valence-corrected chi connectivity index (χ4v) is 2.02.